The van der Waals surface area contributed by atoms with Gasteiger partial charge in [-0.2, -0.15) is 0 Å². The lowest BCUT2D eigenvalue weighted by atomic mass is 9.91. The monoisotopic (exact) mass is 433 g/mol. The smallest absolute Gasteiger partial charge is 0.341 e. The van der Waals surface area contributed by atoms with Crippen LogP contribution in [0.25, 0.3) is 10.9 Å². The third-order valence-corrected chi connectivity index (χ3v) is 6.65. The molecule has 1 aromatic heterocycles. The highest BCUT2D eigenvalue weighted by atomic mass is 19.1. The summed E-state index contributed by atoms with van der Waals surface area (Å²) < 4.78 is 38.3. The summed E-state index contributed by atoms with van der Waals surface area (Å²) in [6, 6.07) is 0.811. The van der Waals surface area contributed by atoms with E-state index in [-0.39, 0.29) is 41.6 Å². The lowest BCUT2D eigenvalue weighted by molar-refractivity contribution is -0.110. The van der Waals surface area contributed by atoms with E-state index >= 15 is 8.78 Å². The van der Waals surface area contributed by atoms with Crippen LogP contribution in [-0.4, -0.2) is 53.9 Å². The minimum atomic E-state index is -1.43. The highest BCUT2D eigenvalue weighted by Crippen LogP contribution is 2.44. The zero-order chi connectivity index (χ0) is 21.9. The topological polar surface area (TPSA) is 101 Å². The van der Waals surface area contributed by atoms with Crippen LogP contribution < -0.4 is 15.6 Å². The maximum absolute atomic E-state index is 15.8. The maximum Gasteiger partial charge on any atom is 0.341 e. The second-order valence-electron chi connectivity index (χ2n) is 8.51. The molecule has 3 fully saturated rings. The van der Waals surface area contributed by atoms with Crippen LogP contribution in [0.4, 0.5) is 14.5 Å². The molecule has 2 atom stereocenters. The minimum absolute atomic E-state index is 0.00513. The number of nitrogens with zero attached hydrogens (tertiary/aromatic N) is 2. The fourth-order valence-electron chi connectivity index (χ4n) is 5.02. The molecular formula is C21H21F2N3O5. The summed E-state index contributed by atoms with van der Waals surface area (Å²) >= 11 is 0. The Kier molecular flexibility index (Phi) is 4.51. The van der Waals surface area contributed by atoms with E-state index in [1.165, 1.54) is 4.57 Å². The average Bonchev–Trinajstić information content (AvgIpc) is 3.40. The second kappa shape index (κ2) is 7.01. The summed E-state index contributed by atoms with van der Waals surface area (Å²) in [7, 11) is 0. The molecule has 1 aromatic carbocycles. The Bertz CT molecular complexity index is 1160. The van der Waals surface area contributed by atoms with Crippen molar-refractivity contribution < 1.29 is 28.2 Å². The number of aromatic nitrogens is 1. The number of benzene rings is 1. The largest absolute Gasteiger partial charge is 0.477 e. The molecule has 2 N–H and O–H groups in total. The molecule has 0 spiro atoms. The van der Waals surface area contributed by atoms with Crippen LogP contribution in [0, 0.1) is 17.6 Å². The number of aromatic carboxylic acids is 1. The molecule has 0 bridgehead atoms. The SMILES string of the molecule is O=CNCC12CN(c3c(F)cc4c(=O)c(C(=O)O)cn(C5CC5)c4c3F)CC1CCO2. The van der Waals surface area contributed by atoms with E-state index in [9.17, 15) is 19.5 Å². The number of carboxylic acids is 1. The van der Waals surface area contributed by atoms with Crippen LogP contribution in [0.2, 0.25) is 0 Å². The third kappa shape index (κ3) is 3.00. The van der Waals surface area contributed by atoms with Crippen LogP contribution in [0.15, 0.2) is 17.1 Å². The summed E-state index contributed by atoms with van der Waals surface area (Å²) in [6.07, 6.45) is 3.89. The molecule has 1 aliphatic carbocycles. The van der Waals surface area contributed by atoms with Crippen LogP contribution in [0.3, 0.4) is 0 Å². The van der Waals surface area contributed by atoms with Gasteiger partial charge in [0.25, 0.3) is 0 Å². The number of hydrogen-bond acceptors (Lipinski definition) is 5. The molecule has 31 heavy (non-hydrogen) atoms. The van der Waals surface area contributed by atoms with E-state index in [1.807, 2.05) is 0 Å². The van der Waals surface area contributed by atoms with Gasteiger partial charge in [-0.3, -0.25) is 9.59 Å². The van der Waals surface area contributed by atoms with Crippen LogP contribution in [-0.2, 0) is 9.53 Å². The van der Waals surface area contributed by atoms with Crippen LogP contribution in [0.5, 0.6) is 0 Å². The standard InChI is InChI=1S/C21H21F2N3O5/c22-15-5-13-17(26(12-1-2-12)7-14(19(13)28)20(29)30)16(23)18(15)25-6-11-3-4-31-21(11,9-25)8-24-10-27/h5,7,10-12H,1-4,6,8-9H2,(H,24,27)(H,29,30). The van der Waals surface area contributed by atoms with Gasteiger partial charge in [-0.05, 0) is 25.3 Å². The average molecular weight is 433 g/mol. The first-order chi connectivity index (χ1) is 14.9. The van der Waals surface area contributed by atoms with Crippen LogP contribution >= 0.6 is 0 Å². The Morgan fingerprint density at radius 2 is 2.13 bits per heavy atom. The molecule has 2 saturated heterocycles. The first-order valence-corrected chi connectivity index (χ1v) is 10.2. The van der Waals surface area contributed by atoms with Gasteiger partial charge < -0.3 is 24.6 Å². The lowest BCUT2D eigenvalue weighted by Crippen LogP contribution is -2.46. The van der Waals surface area contributed by atoms with Gasteiger partial charge in [0.1, 0.15) is 22.7 Å². The van der Waals surface area contributed by atoms with Crippen molar-refractivity contribution in [3.63, 3.8) is 0 Å². The predicted molar refractivity (Wildman–Crippen MR) is 106 cm³/mol. The first kappa shape index (κ1) is 19.9. The molecule has 8 nitrogen and oxygen atoms in total. The third-order valence-electron chi connectivity index (χ3n) is 6.65. The maximum atomic E-state index is 15.8. The number of carbonyl (C=O) groups excluding carboxylic acids is 1. The van der Waals surface area contributed by atoms with Crippen LogP contribution in [0.1, 0.15) is 35.7 Å². The quantitative estimate of drug-likeness (QED) is 0.672. The number of rotatable bonds is 6. The number of fused-ring (bicyclic) bond motifs is 2. The molecule has 2 aromatic rings. The molecule has 164 valence electrons. The molecule has 3 aliphatic rings. The van der Waals surface area contributed by atoms with Gasteiger partial charge in [0.2, 0.25) is 11.8 Å². The number of halogens is 2. The van der Waals surface area contributed by atoms with Crippen molar-refractivity contribution >= 4 is 29.0 Å². The summed E-state index contributed by atoms with van der Waals surface area (Å²) in [5.41, 5.74) is -2.47. The second-order valence-corrected chi connectivity index (χ2v) is 8.51. The van der Waals surface area contributed by atoms with Crippen molar-refractivity contribution in [2.75, 3.05) is 31.1 Å². The van der Waals surface area contributed by atoms with Gasteiger partial charge >= 0.3 is 5.97 Å². The van der Waals surface area contributed by atoms with E-state index in [0.717, 1.165) is 25.1 Å². The number of pyridine rings is 1. The van der Waals surface area contributed by atoms with Crippen molar-refractivity contribution in [3.8, 4) is 0 Å². The molecular weight excluding hydrogens is 412 g/mol. The lowest BCUT2D eigenvalue weighted by Gasteiger charge is -2.28. The van der Waals surface area contributed by atoms with Crippen molar-refractivity contribution in [2.24, 2.45) is 5.92 Å². The fourth-order valence-corrected chi connectivity index (χ4v) is 5.02. The van der Waals surface area contributed by atoms with Gasteiger partial charge in [0, 0.05) is 44.4 Å². The Balaban J connectivity index is 1.65. The number of amides is 1. The zero-order valence-electron chi connectivity index (χ0n) is 16.6. The van der Waals surface area contributed by atoms with Crippen molar-refractivity contribution in [2.45, 2.75) is 30.9 Å². The number of ether oxygens (including phenoxy) is 1. The Hall–Kier alpha value is -3.01. The van der Waals surface area contributed by atoms with Crippen molar-refractivity contribution in [1.29, 1.82) is 0 Å². The number of carbonyl (C=O) groups is 2. The first-order valence-electron chi connectivity index (χ1n) is 10.2. The Morgan fingerprint density at radius 1 is 1.35 bits per heavy atom. The number of carboxylic acid groups (broad SMARTS) is 1. The predicted octanol–water partition coefficient (Wildman–Crippen LogP) is 1.65. The van der Waals surface area contributed by atoms with E-state index in [0.29, 0.717) is 26.0 Å². The highest BCUT2D eigenvalue weighted by Gasteiger charge is 2.52. The number of anilines is 1. The molecule has 1 amide bonds. The summed E-state index contributed by atoms with van der Waals surface area (Å²) in [5.74, 6) is -3.24. The van der Waals surface area contributed by atoms with Gasteiger partial charge in [-0.15, -0.1) is 0 Å². The van der Waals surface area contributed by atoms with E-state index in [2.05, 4.69) is 5.32 Å². The van der Waals surface area contributed by atoms with Gasteiger partial charge in [0.15, 0.2) is 5.82 Å². The Labute approximate surface area is 175 Å². The summed E-state index contributed by atoms with van der Waals surface area (Å²) in [5, 5.41) is 11.7. The van der Waals surface area contributed by atoms with E-state index in [1.54, 1.807) is 4.90 Å². The van der Waals surface area contributed by atoms with Crippen molar-refractivity contribution in [3.05, 3.63) is 39.7 Å². The molecule has 5 rings (SSSR count). The van der Waals surface area contributed by atoms with Gasteiger partial charge in [-0.25, -0.2) is 13.6 Å². The molecule has 10 heteroatoms. The number of hydrogen-bond donors (Lipinski definition) is 2. The minimum Gasteiger partial charge on any atom is -0.477 e. The molecule has 3 heterocycles. The van der Waals surface area contributed by atoms with Crippen molar-refractivity contribution in [1.82, 2.24) is 9.88 Å². The molecule has 2 aliphatic heterocycles. The van der Waals surface area contributed by atoms with E-state index in [4.69, 9.17) is 4.74 Å². The normalized spacial score (nSPS) is 25.1. The van der Waals surface area contributed by atoms with Gasteiger partial charge in [0.05, 0.1) is 10.9 Å². The summed E-state index contributed by atoms with van der Waals surface area (Å²) in [6.45, 7) is 1.30. The number of nitrogens with one attached hydrogen (secondary N) is 1. The Morgan fingerprint density at radius 3 is 2.81 bits per heavy atom. The molecule has 0 radical (unpaired) electrons. The molecule has 1 saturated carbocycles. The van der Waals surface area contributed by atoms with E-state index < -0.39 is 34.2 Å². The zero-order valence-corrected chi connectivity index (χ0v) is 16.6. The summed E-state index contributed by atoms with van der Waals surface area (Å²) in [4.78, 5) is 36.5. The molecule has 2 unspecified atom stereocenters. The van der Waals surface area contributed by atoms with Gasteiger partial charge in [-0.1, -0.05) is 0 Å². The fraction of sp³-hybridized carbons (Fsp3) is 0.476. The highest BCUT2D eigenvalue weighted by molar-refractivity contribution is 5.94.